The van der Waals surface area contributed by atoms with Crippen molar-refractivity contribution in [3.63, 3.8) is 0 Å². The number of aromatic nitrogens is 2. The Morgan fingerprint density at radius 1 is 1.50 bits per heavy atom. The zero-order valence-electron chi connectivity index (χ0n) is 8.40. The van der Waals surface area contributed by atoms with Crippen molar-refractivity contribution in [3.8, 4) is 0 Å². The average molecular weight is 221 g/mol. The summed E-state index contributed by atoms with van der Waals surface area (Å²) in [5.41, 5.74) is 0.297. The molecule has 0 aliphatic carbocycles. The second-order valence-corrected chi connectivity index (χ2v) is 3.10. The normalized spacial score (nSPS) is 10.1. The molecule has 0 aromatic carbocycles. The van der Waals surface area contributed by atoms with E-state index in [0.717, 1.165) is 0 Å². The molecule has 0 bridgehead atoms. The molecule has 6 heteroatoms. The van der Waals surface area contributed by atoms with E-state index < -0.39 is 11.9 Å². The molecule has 0 saturated carbocycles. The van der Waals surface area contributed by atoms with Crippen LogP contribution in [0.1, 0.15) is 16.1 Å². The van der Waals surface area contributed by atoms with Gasteiger partial charge in [0.15, 0.2) is 0 Å². The van der Waals surface area contributed by atoms with Crippen LogP contribution in [0.15, 0.2) is 28.9 Å². The van der Waals surface area contributed by atoms with Gasteiger partial charge in [-0.1, -0.05) is 11.2 Å². The number of anilines is 1. The Morgan fingerprint density at radius 3 is 2.94 bits per heavy atom. The van der Waals surface area contributed by atoms with Crippen LogP contribution >= 0.6 is 0 Å². The third kappa shape index (κ3) is 2.05. The lowest BCUT2D eigenvalue weighted by atomic mass is 10.2. The quantitative estimate of drug-likeness (QED) is 0.784. The maximum atomic E-state index is 12.7. The summed E-state index contributed by atoms with van der Waals surface area (Å²) in [4.78, 5) is 15.1. The van der Waals surface area contributed by atoms with Gasteiger partial charge >= 0.3 is 0 Å². The average Bonchev–Trinajstić information content (AvgIpc) is 2.64. The fourth-order valence-corrected chi connectivity index (χ4v) is 1.18. The van der Waals surface area contributed by atoms with Gasteiger partial charge in [-0.2, -0.15) is 4.39 Å². The van der Waals surface area contributed by atoms with Crippen molar-refractivity contribution >= 4 is 11.7 Å². The van der Waals surface area contributed by atoms with E-state index in [9.17, 15) is 9.18 Å². The van der Waals surface area contributed by atoms with E-state index in [1.165, 1.54) is 24.4 Å². The second-order valence-electron chi connectivity index (χ2n) is 3.10. The molecule has 0 aliphatic rings. The molecule has 2 aromatic heterocycles. The molecule has 2 heterocycles. The van der Waals surface area contributed by atoms with Crippen molar-refractivity contribution in [2.45, 2.75) is 6.92 Å². The van der Waals surface area contributed by atoms with E-state index in [4.69, 9.17) is 4.52 Å². The Balaban J connectivity index is 2.17. The predicted octanol–water partition coefficient (Wildman–Crippen LogP) is 1.77. The topological polar surface area (TPSA) is 68.0 Å². The highest BCUT2D eigenvalue weighted by Gasteiger charge is 2.13. The third-order valence-corrected chi connectivity index (χ3v) is 1.95. The van der Waals surface area contributed by atoms with Gasteiger partial charge < -0.3 is 9.84 Å². The van der Waals surface area contributed by atoms with Gasteiger partial charge in [0, 0.05) is 0 Å². The number of halogens is 1. The Hall–Kier alpha value is -2.24. The summed E-state index contributed by atoms with van der Waals surface area (Å²) in [5.74, 6) is -0.545. The zero-order valence-corrected chi connectivity index (χ0v) is 8.40. The fraction of sp³-hybridized carbons (Fsp3) is 0.100. The maximum Gasteiger partial charge on any atom is 0.262 e. The Kier molecular flexibility index (Phi) is 2.63. The van der Waals surface area contributed by atoms with E-state index in [1.807, 2.05) is 0 Å². The zero-order chi connectivity index (χ0) is 11.5. The highest BCUT2D eigenvalue weighted by atomic mass is 19.1. The van der Waals surface area contributed by atoms with Crippen molar-refractivity contribution in [1.82, 2.24) is 10.1 Å². The minimum absolute atomic E-state index is 0.144. The van der Waals surface area contributed by atoms with Crippen LogP contribution in [0.2, 0.25) is 0 Å². The lowest BCUT2D eigenvalue weighted by molar-refractivity contribution is 0.102. The summed E-state index contributed by atoms with van der Waals surface area (Å²) in [7, 11) is 0. The molecule has 1 amide bonds. The first-order valence-electron chi connectivity index (χ1n) is 4.52. The van der Waals surface area contributed by atoms with Crippen LogP contribution in [-0.4, -0.2) is 16.0 Å². The molecular formula is C10H8FN3O2. The SMILES string of the molecule is Cc1oncc1C(=O)Nc1cccc(F)n1. The van der Waals surface area contributed by atoms with E-state index in [2.05, 4.69) is 15.5 Å². The molecule has 0 radical (unpaired) electrons. The molecular weight excluding hydrogens is 213 g/mol. The van der Waals surface area contributed by atoms with E-state index in [-0.39, 0.29) is 5.82 Å². The van der Waals surface area contributed by atoms with Crippen LogP contribution in [0.5, 0.6) is 0 Å². The van der Waals surface area contributed by atoms with E-state index >= 15 is 0 Å². The van der Waals surface area contributed by atoms with Gasteiger partial charge in [0.25, 0.3) is 5.91 Å². The minimum atomic E-state index is -0.653. The lowest BCUT2D eigenvalue weighted by Crippen LogP contribution is -2.13. The van der Waals surface area contributed by atoms with Gasteiger partial charge in [-0.05, 0) is 19.1 Å². The summed E-state index contributed by atoms with van der Waals surface area (Å²) in [5, 5.41) is 5.91. The molecule has 1 N–H and O–H groups in total. The monoisotopic (exact) mass is 221 g/mol. The molecule has 82 valence electrons. The smallest absolute Gasteiger partial charge is 0.262 e. The number of hydrogen-bond acceptors (Lipinski definition) is 4. The molecule has 2 aromatic rings. The van der Waals surface area contributed by atoms with Gasteiger partial charge in [0.1, 0.15) is 17.1 Å². The number of nitrogens with zero attached hydrogens (tertiary/aromatic N) is 2. The van der Waals surface area contributed by atoms with Crippen molar-refractivity contribution in [2.24, 2.45) is 0 Å². The Bertz CT molecular complexity index is 524. The summed E-state index contributed by atoms with van der Waals surface area (Å²) < 4.78 is 17.5. The van der Waals surface area contributed by atoms with Gasteiger partial charge in [-0.25, -0.2) is 4.98 Å². The highest BCUT2D eigenvalue weighted by molar-refractivity contribution is 6.04. The Labute approximate surface area is 90.3 Å². The first-order valence-corrected chi connectivity index (χ1v) is 4.52. The lowest BCUT2D eigenvalue weighted by Gasteiger charge is -2.01. The van der Waals surface area contributed by atoms with Gasteiger partial charge in [-0.15, -0.1) is 0 Å². The summed E-state index contributed by atoms with van der Waals surface area (Å²) in [6.45, 7) is 1.61. The predicted molar refractivity (Wildman–Crippen MR) is 53.4 cm³/mol. The number of rotatable bonds is 2. The maximum absolute atomic E-state index is 12.7. The highest BCUT2D eigenvalue weighted by Crippen LogP contribution is 2.10. The number of nitrogens with one attached hydrogen (secondary N) is 1. The number of hydrogen-bond donors (Lipinski definition) is 1. The van der Waals surface area contributed by atoms with Crippen LogP contribution in [-0.2, 0) is 0 Å². The van der Waals surface area contributed by atoms with E-state index in [0.29, 0.717) is 11.3 Å². The first kappa shape index (κ1) is 10.3. The molecule has 0 fully saturated rings. The summed E-state index contributed by atoms with van der Waals surface area (Å²) in [6.07, 6.45) is 1.30. The van der Waals surface area contributed by atoms with Crippen LogP contribution in [0.4, 0.5) is 10.2 Å². The van der Waals surface area contributed by atoms with E-state index in [1.54, 1.807) is 6.92 Å². The minimum Gasteiger partial charge on any atom is -0.361 e. The molecule has 0 aliphatic heterocycles. The molecule has 0 unspecified atom stereocenters. The van der Waals surface area contributed by atoms with Gasteiger partial charge in [0.2, 0.25) is 5.95 Å². The number of pyridine rings is 1. The molecule has 0 spiro atoms. The second kappa shape index (κ2) is 4.09. The molecule has 16 heavy (non-hydrogen) atoms. The molecule has 0 atom stereocenters. The van der Waals surface area contributed by atoms with Crippen molar-refractivity contribution in [1.29, 1.82) is 0 Å². The van der Waals surface area contributed by atoms with Crippen molar-refractivity contribution < 1.29 is 13.7 Å². The van der Waals surface area contributed by atoms with Gasteiger partial charge in [0.05, 0.1) is 6.20 Å². The summed E-state index contributed by atoms with van der Waals surface area (Å²) in [6, 6.07) is 4.14. The molecule has 5 nitrogen and oxygen atoms in total. The number of carbonyl (C=O) groups excluding carboxylic acids is 1. The first-order chi connectivity index (χ1) is 7.66. The van der Waals surface area contributed by atoms with Crippen LogP contribution < -0.4 is 5.32 Å². The number of aryl methyl sites for hydroxylation is 1. The van der Waals surface area contributed by atoms with Crippen LogP contribution in [0, 0.1) is 12.9 Å². The van der Waals surface area contributed by atoms with Crippen molar-refractivity contribution in [2.75, 3.05) is 5.32 Å². The van der Waals surface area contributed by atoms with Crippen LogP contribution in [0.3, 0.4) is 0 Å². The molecule has 2 rings (SSSR count). The Morgan fingerprint density at radius 2 is 2.31 bits per heavy atom. The van der Waals surface area contributed by atoms with Crippen LogP contribution in [0.25, 0.3) is 0 Å². The standard InChI is InChI=1S/C10H8FN3O2/c1-6-7(5-12-16-6)10(15)14-9-4-2-3-8(11)13-9/h2-5H,1H3,(H,13,14,15). The summed E-state index contributed by atoms with van der Waals surface area (Å²) >= 11 is 0. The third-order valence-electron chi connectivity index (χ3n) is 1.95. The molecule has 0 saturated heterocycles. The number of carbonyl (C=O) groups is 1. The largest absolute Gasteiger partial charge is 0.361 e. The fourth-order valence-electron chi connectivity index (χ4n) is 1.18. The number of amides is 1. The van der Waals surface area contributed by atoms with Crippen molar-refractivity contribution in [3.05, 3.63) is 41.7 Å². The van der Waals surface area contributed by atoms with Gasteiger partial charge in [-0.3, -0.25) is 4.79 Å².